The molecule has 0 bridgehead atoms. The van der Waals surface area contributed by atoms with E-state index in [-0.39, 0.29) is 26.2 Å². The Morgan fingerprint density at radius 1 is 0.750 bits per heavy atom. The van der Waals surface area contributed by atoms with Crippen LogP contribution in [0.1, 0.15) is 110 Å². The number of nitrogens with zero attached hydrogens (tertiary/aromatic N) is 1. The van der Waals surface area contributed by atoms with Crippen LogP contribution in [0.3, 0.4) is 0 Å². The van der Waals surface area contributed by atoms with Crippen molar-refractivity contribution in [2.75, 3.05) is 54.1 Å². The quantitative estimate of drug-likeness (QED) is 0.0571. The third-order valence-corrected chi connectivity index (χ3v) is 6.96. The van der Waals surface area contributed by atoms with Crippen LogP contribution in [0.2, 0.25) is 0 Å². The maximum absolute atomic E-state index is 12.1. The lowest BCUT2D eigenvalue weighted by molar-refractivity contribution is -0.870. The average molecular weight is 539 g/mol. The van der Waals surface area contributed by atoms with Gasteiger partial charge in [-0.1, -0.05) is 97.3 Å². The van der Waals surface area contributed by atoms with E-state index in [9.17, 15) is 14.3 Å². The van der Waals surface area contributed by atoms with Gasteiger partial charge in [-0.2, -0.15) is 0 Å². The SMILES string of the molecule is CCCCCCCCCCCCCCCCOCC(COP(=O)(O)OCC[N+](C)(C)C)OC(=O)CC. The summed E-state index contributed by atoms with van der Waals surface area (Å²) in [4.78, 5) is 21.6. The summed E-state index contributed by atoms with van der Waals surface area (Å²) in [5, 5.41) is 0. The van der Waals surface area contributed by atoms with Crippen molar-refractivity contribution in [2.45, 2.75) is 116 Å². The predicted octanol–water partition coefficient (Wildman–Crippen LogP) is 6.65. The first kappa shape index (κ1) is 35.5. The fraction of sp³-hybridized carbons (Fsp3) is 0.963. The maximum atomic E-state index is 12.1. The molecular weight excluding hydrogens is 481 g/mol. The van der Waals surface area contributed by atoms with Gasteiger partial charge in [-0.3, -0.25) is 13.8 Å². The molecular formula is C27H57NO7P+. The number of likely N-dealkylation sites (N-methyl/N-ethyl adjacent to an activating group) is 1. The summed E-state index contributed by atoms with van der Waals surface area (Å²) in [6.07, 6.45) is 17.7. The highest BCUT2D eigenvalue weighted by molar-refractivity contribution is 7.47. The minimum absolute atomic E-state index is 0.0896. The zero-order chi connectivity index (χ0) is 27.1. The molecule has 0 aliphatic heterocycles. The van der Waals surface area contributed by atoms with Crippen molar-refractivity contribution in [3.8, 4) is 0 Å². The fourth-order valence-electron chi connectivity index (χ4n) is 3.64. The molecule has 0 rings (SSSR count). The number of unbranched alkanes of at least 4 members (excludes halogenated alkanes) is 13. The first-order valence-electron chi connectivity index (χ1n) is 14.3. The van der Waals surface area contributed by atoms with Crippen molar-refractivity contribution in [2.24, 2.45) is 0 Å². The molecule has 0 radical (unpaired) electrons. The van der Waals surface area contributed by atoms with Crippen LogP contribution >= 0.6 is 7.82 Å². The second kappa shape index (κ2) is 22.5. The number of esters is 1. The first-order chi connectivity index (χ1) is 17.1. The number of carbonyl (C=O) groups excluding carboxylic acids is 1. The third kappa shape index (κ3) is 25.2. The minimum atomic E-state index is -4.22. The molecule has 2 atom stereocenters. The number of phosphoric acid groups is 1. The van der Waals surface area contributed by atoms with Gasteiger partial charge in [-0.25, -0.2) is 4.57 Å². The Morgan fingerprint density at radius 2 is 1.25 bits per heavy atom. The summed E-state index contributed by atoms with van der Waals surface area (Å²) in [6.45, 7) is 5.05. The molecule has 216 valence electrons. The number of quaternary nitrogens is 1. The Morgan fingerprint density at radius 3 is 1.72 bits per heavy atom. The van der Waals surface area contributed by atoms with Crippen molar-refractivity contribution in [3.63, 3.8) is 0 Å². The van der Waals surface area contributed by atoms with E-state index in [1.807, 2.05) is 21.1 Å². The summed E-state index contributed by atoms with van der Waals surface area (Å²) in [6, 6.07) is 0. The molecule has 0 heterocycles. The van der Waals surface area contributed by atoms with Gasteiger partial charge in [-0.05, 0) is 6.42 Å². The molecule has 9 heteroatoms. The molecule has 0 saturated carbocycles. The molecule has 2 unspecified atom stereocenters. The average Bonchev–Trinajstić information content (AvgIpc) is 2.81. The van der Waals surface area contributed by atoms with Gasteiger partial charge in [0.25, 0.3) is 0 Å². The second-order valence-electron chi connectivity index (χ2n) is 10.7. The largest absolute Gasteiger partial charge is 0.472 e. The number of carbonyl (C=O) groups is 1. The van der Waals surface area contributed by atoms with Gasteiger partial charge in [0.1, 0.15) is 19.3 Å². The highest BCUT2D eigenvalue weighted by atomic mass is 31.2. The zero-order valence-electron chi connectivity index (χ0n) is 24.0. The standard InChI is InChI=1S/C27H56NO7P/c1-6-8-9-10-11-12-13-14-15-16-17-18-19-20-22-32-24-26(35-27(29)7-2)25-34-36(30,31)33-23-21-28(3,4)5/h26H,6-25H2,1-5H3/p+1. The Labute approximate surface area is 221 Å². The van der Waals surface area contributed by atoms with E-state index in [4.69, 9.17) is 18.5 Å². The van der Waals surface area contributed by atoms with Crippen LogP contribution in [0.4, 0.5) is 0 Å². The lowest BCUT2D eigenvalue weighted by atomic mass is 10.0. The lowest BCUT2D eigenvalue weighted by Crippen LogP contribution is -2.37. The van der Waals surface area contributed by atoms with Gasteiger partial charge in [0.2, 0.25) is 0 Å². The van der Waals surface area contributed by atoms with Gasteiger partial charge in [0.05, 0.1) is 34.4 Å². The van der Waals surface area contributed by atoms with Crippen molar-refractivity contribution in [1.82, 2.24) is 0 Å². The number of phosphoric ester groups is 1. The predicted molar refractivity (Wildman–Crippen MR) is 146 cm³/mol. The highest BCUT2D eigenvalue weighted by Gasteiger charge is 2.26. The van der Waals surface area contributed by atoms with E-state index in [1.165, 1.54) is 77.0 Å². The Balaban J connectivity index is 3.88. The molecule has 0 amide bonds. The Bertz CT molecular complexity index is 569. The van der Waals surface area contributed by atoms with Crippen LogP contribution in [0.5, 0.6) is 0 Å². The molecule has 0 saturated heterocycles. The molecule has 0 aliphatic carbocycles. The van der Waals surface area contributed by atoms with Gasteiger partial charge in [0, 0.05) is 13.0 Å². The molecule has 0 aromatic heterocycles. The van der Waals surface area contributed by atoms with E-state index in [0.717, 1.165) is 12.8 Å². The number of ether oxygens (including phenoxy) is 2. The highest BCUT2D eigenvalue weighted by Crippen LogP contribution is 2.43. The smallest absolute Gasteiger partial charge is 0.457 e. The van der Waals surface area contributed by atoms with Crippen LogP contribution in [0.25, 0.3) is 0 Å². The van der Waals surface area contributed by atoms with Crippen molar-refractivity contribution >= 4 is 13.8 Å². The van der Waals surface area contributed by atoms with Crippen molar-refractivity contribution < 1.29 is 37.3 Å². The summed E-state index contributed by atoms with van der Waals surface area (Å²) >= 11 is 0. The van der Waals surface area contributed by atoms with Crippen molar-refractivity contribution in [1.29, 1.82) is 0 Å². The van der Waals surface area contributed by atoms with Crippen molar-refractivity contribution in [3.05, 3.63) is 0 Å². The normalized spacial score (nSPS) is 14.5. The number of hydrogen-bond donors (Lipinski definition) is 1. The van der Waals surface area contributed by atoms with Crippen LogP contribution < -0.4 is 0 Å². The summed E-state index contributed by atoms with van der Waals surface area (Å²) in [5.74, 6) is -0.401. The monoisotopic (exact) mass is 538 g/mol. The van der Waals surface area contributed by atoms with Gasteiger partial charge >= 0.3 is 13.8 Å². The third-order valence-electron chi connectivity index (χ3n) is 5.97. The van der Waals surface area contributed by atoms with E-state index >= 15 is 0 Å². The second-order valence-corrected chi connectivity index (χ2v) is 12.2. The van der Waals surface area contributed by atoms with Crippen LogP contribution in [-0.4, -0.2) is 75.6 Å². The topological polar surface area (TPSA) is 91.3 Å². The molecule has 0 aliphatic rings. The van der Waals surface area contributed by atoms with E-state index in [1.54, 1.807) is 6.92 Å². The molecule has 36 heavy (non-hydrogen) atoms. The maximum Gasteiger partial charge on any atom is 0.472 e. The first-order valence-corrected chi connectivity index (χ1v) is 15.8. The van der Waals surface area contributed by atoms with Gasteiger partial charge in [0.15, 0.2) is 0 Å². The summed E-state index contributed by atoms with van der Waals surface area (Å²) in [5.41, 5.74) is 0. The molecule has 0 aromatic rings. The molecule has 0 aromatic carbocycles. The minimum Gasteiger partial charge on any atom is -0.457 e. The van der Waals surface area contributed by atoms with E-state index < -0.39 is 19.9 Å². The van der Waals surface area contributed by atoms with E-state index in [2.05, 4.69) is 6.92 Å². The van der Waals surface area contributed by atoms with E-state index in [0.29, 0.717) is 17.6 Å². The molecule has 0 fully saturated rings. The Kier molecular flexibility index (Phi) is 22.2. The van der Waals surface area contributed by atoms with Crippen LogP contribution in [0.15, 0.2) is 0 Å². The fourth-order valence-corrected chi connectivity index (χ4v) is 4.39. The summed E-state index contributed by atoms with van der Waals surface area (Å²) < 4.78 is 33.7. The zero-order valence-corrected chi connectivity index (χ0v) is 24.9. The van der Waals surface area contributed by atoms with Crippen LogP contribution in [0, 0.1) is 0 Å². The van der Waals surface area contributed by atoms with Crippen LogP contribution in [-0.2, 0) is 27.9 Å². The Hall–Kier alpha value is -0.500. The number of hydrogen-bond acceptors (Lipinski definition) is 6. The van der Waals surface area contributed by atoms with Gasteiger partial charge in [-0.15, -0.1) is 0 Å². The molecule has 8 nitrogen and oxygen atoms in total. The lowest BCUT2D eigenvalue weighted by Gasteiger charge is -2.24. The molecule has 0 spiro atoms. The summed E-state index contributed by atoms with van der Waals surface area (Å²) in [7, 11) is 1.66. The molecule has 1 N–H and O–H groups in total. The van der Waals surface area contributed by atoms with Gasteiger partial charge < -0.3 is 18.9 Å². The number of rotatable bonds is 26.